The van der Waals surface area contributed by atoms with Gasteiger partial charge in [-0.15, -0.1) is 0 Å². The van der Waals surface area contributed by atoms with Crippen LogP contribution in [-0.2, 0) is 0 Å². The average Bonchev–Trinajstić information content (AvgIpc) is 2.41. The van der Waals surface area contributed by atoms with Crippen molar-refractivity contribution in [3.8, 4) is 6.07 Å². The van der Waals surface area contributed by atoms with Gasteiger partial charge in [-0.25, -0.2) is 4.39 Å². The zero-order chi connectivity index (χ0) is 14.7. The second kappa shape index (κ2) is 5.91. The van der Waals surface area contributed by atoms with Crippen LogP contribution in [0.2, 0.25) is 10.0 Å². The molecule has 0 radical (unpaired) electrons. The predicted molar refractivity (Wildman–Crippen MR) is 75.5 cm³/mol. The molecule has 0 heterocycles. The van der Waals surface area contributed by atoms with Crippen molar-refractivity contribution in [2.24, 2.45) is 0 Å². The highest BCUT2D eigenvalue weighted by molar-refractivity contribution is 6.40. The number of hydrogen-bond acceptors (Lipinski definition) is 2. The molecular weight excluding hydrogens is 302 g/mol. The van der Waals surface area contributed by atoms with Gasteiger partial charge < -0.3 is 5.32 Å². The summed E-state index contributed by atoms with van der Waals surface area (Å²) in [5, 5.41) is 11.4. The fourth-order valence-electron chi connectivity index (χ4n) is 1.59. The molecule has 3 nitrogen and oxygen atoms in total. The predicted octanol–water partition coefficient (Wildman–Crippen LogP) is 4.26. The van der Waals surface area contributed by atoms with E-state index in [2.05, 4.69) is 5.32 Å². The first-order chi connectivity index (χ1) is 9.52. The molecule has 0 aliphatic carbocycles. The summed E-state index contributed by atoms with van der Waals surface area (Å²) in [4.78, 5) is 12.1. The summed E-state index contributed by atoms with van der Waals surface area (Å²) in [6.07, 6.45) is 0. The van der Waals surface area contributed by atoms with E-state index >= 15 is 0 Å². The van der Waals surface area contributed by atoms with Crippen LogP contribution in [0, 0.1) is 17.1 Å². The van der Waals surface area contributed by atoms with E-state index in [1.165, 1.54) is 24.3 Å². The first-order valence-electron chi connectivity index (χ1n) is 5.48. The van der Waals surface area contributed by atoms with Gasteiger partial charge in [-0.3, -0.25) is 4.79 Å². The Balaban J connectivity index is 2.31. The van der Waals surface area contributed by atoms with Crippen LogP contribution in [0.3, 0.4) is 0 Å². The van der Waals surface area contributed by atoms with Gasteiger partial charge in [0.15, 0.2) is 0 Å². The molecule has 0 aromatic heterocycles. The van der Waals surface area contributed by atoms with E-state index < -0.39 is 11.7 Å². The maximum Gasteiger partial charge on any atom is 0.258 e. The fraction of sp³-hybridized carbons (Fsp3) is 0. The van der Waals surface area contributed by atoms with Crippen LogP contribution in [0.1, 0.15) is 15.9 Å². The lowest BCUT2D eigenvalue weighted by atomic mass is 10.2. The fourth-order valence-corrected chi connectivity index (χ4v) is 2.15. The van der Waals surface area contributed by atoms with Crippen molar-refractivity contribution in [3.05, 3.63) is 63.4 Å². The number of carbonyl (C=O) groups excluding carboxylic acids is 1. The van der Waals surface area contributed by atoms with E-state index in [1.807, 2.05) is 0 Å². The Morgan fingerprint density at radius 1 is 1.20 bits per heavy atom. The second-order valence-electron chi connectivity index (χ2n) is 3.86. The van der Waals surface area contributed by atoms with E-state index in [-0.39, 0.29) is 26.9 Å². The molecule has 0 aliphatic rings. The maximum atomic E-state index is 13.7. The van der Waals surface area contributed by atoms with Gasteiger partial charge in [0, 0.05) is 0 Å². The van der Waals surface area contributed by atoms with E-state index in [0.717, 1.165) is 6.07 Å². The van der Waals surface area contributed by atoms with Gasteiger partial charge in [-0.05, 0) is 30.3 Å². The molecule has 0 fully saturated rings. The number of carbonyl (C=O) groups is 1. The highest BCUT2D eigenvalue weighted by Gasteiger charge is 2.16. The normalized spacial score (nSPS) is 9.90. The molecule has 100 valence electrons. The van der Waals surface area contributed by atoms with Crippen molar-refractivity contribution in [2.75, 3.05) is 5.32 Å². The van der Waals surface area contributed by atoms with Crippen molar-refractivity contribution in [1.82, 2.24) is 0 Å². The van der Waals surface area contributed by atoms with Crippen molar-refractivity contribution in [1.29, 1.82) is 5.26 Å². The Hall–Kier alpha value is -2.09. The number of amides is 1. The summed E-state index contributed by atoms with van der Waals surface area (Å²) in [5.74, 6) is -1.33. The largest absolute Gasteiger partial charge is 0.319 e. The SMILES string of the molecule is N#Cc1ccc(NC(=O)c2c(Cl)cccc2Cl)c(F)c1. The Labute approximate surface area is 124 Å². The van der Waals surface area contributed by atoms with Crippen LogP contribution in [0.25, 0.3) is 0 Å². The Morgan fingerprint density at radius 3 is 2.40 bits per heavy atom. The van der Waals surface area contributed by atoms with E-state index in [9.17, 15) is 9.18 Å². The molecule has 0 aliphatic heterocycles. The lowest BCUT2D eigenvalue weighted by Gasteiger charge is -2.09. The van der Waals surface area contributed by atoms with Gasteiger partial charge in [-0.2, -0.15) is 5.26 Å². The number of nitriles is 1. The molecule has 1 amide bonds. The third kappa shape index (κ3) is 2.90. The summed E-state index contributed by atoms with van der Waals surface area (Å²) >= 11 is 11.8. The molecule has 6 heteroatoms. The highest BCUT2D eigenvalue weighted by Crippen LogP contribution is 2.26. The number of hydrogen-bond donors (Lipinski definition) is 1. The minimum atomic E-state index is -0.708. The van der Waals surface area contributed by atoms with E-state index in [4.69, 9.17) is 28.5 Å². The van der Waals surface area contributed by atoms with Gasteiger partial charge >= 0.3 is 0 Å². The first-order valence-corrected chi connectivity index (χ1v) is 6.23. The minimum Gasteiger partial charge on any atom is -0.319 e. The molecule has 2 aromatic carbocycles. The molecule has 2 aromatic rings. The Bertz CT molecular complexity index is 705. The summed E-state index contributed by atoms with van der Waals surface area (Å²) in [6, 6.07) is 10.2. The summed E-state index contributed by atoms with van der Waals surface area (Å²) in [6.45, 7) is 0. The molecule has 1 N–H and O–H groups in total. The molecule has 2 rings (SSSR count). The smallest absolute Gasteiger partial charge is 0.258 e. The number of rotatable bonds is 2. The third-order valence-electron chi connectivity index (χ3n) is 2.54. The molecule has 0 unspecified atom stereocenters. The summed E-state index contributed by atoms with van der Waals surface area (Å²) in [7, 11) is 0. The third-order valence-corrected chi connectivity index (χ3v) is 3.17. The number of anilines is 1. The number of halogens is 3. The van der Waals surface area contributed by atoms with Crippen LogP contribution in [-0.4, -0.2) is 5.91 Å². The van der Waals surface area contributed by atoms with E-state index in [1.54, 1.807) is 12.1 Å². The first kappa shape index (κ1) is 14.3. The van der Waals surface area contributed by atoms with Crippen molar-refractivity contribution >= 4 is 34.8 Å². The van der Waals surface area contributed by atoms with Crippen LogP contribution in [0.4, 0.5) is 10.1 Å². The Kier molecular flexibility index (Phi) is 4.23. The number of nitrogens with zero attached hydrogens (tertiary/aromatic N) is 1. The molecule has 0 spiro atoms. The summed E-state index contributed by atoms with van der Waals surface area (Å²) in [5.41, 5.74) is 0.181. The molecule has 0 saturated carbocycles. The minimum absolute atomic E-state index is 0.0509. The monoisotopic (exact) mass is 308 g/mol. The van der Waals surface area contributed by atoms with Crippen molar-refractivity contribution in [3.63, 3.8) is 0 Å². The lowest BCUT2D eigenvalue weighted by molar-refractivity contribution is 0.102. The van der Waals surface area contributed by atoms with Gasteiger partial charge in [-0.1, -0.05) is 29.3 Å². The van der Waals surface area contributed by atoms with Gasteiger partial charge in [0.1, 0.15) is 5.82 Å². The number of benzene rings is 2. The van der Waals surface area contributed by atoms with Crippen LogP contribution in [0.5, 0.6) is 0 Å². The quantitative estimate of drug-likeness (QED) is 0.901. The second-order valence-corrected chi connectivity index (χ2v) is 4.67. The van der Waals surface area contributed by atoms with Crippen LogP contribution in [0.15, 0.2) is 36.4 Å². The summed E-state index contributed by atoms with van der Waals surface area (Å²) < 4.78 is 13.7. The molecule has 0 bridgehead atoms. The molecule has 0 saturated heterocycles. The van der Waals surface area contributed by atoms with Crippen molar-refractivity contribution in [2.45, 2.75) is 0 Å². The van der Waals surface area contributed by atoms with Gasteiger partial charge in [0.2, 0.25) is 0 Å². The molecular formula is C14H7Cl2FN2O. The van der Waals surface area contributed by atoms with Crippen LogP contribution >= 0.6 is 23.2 Å². The van der Waals surface area contributed by atoms with E-state index in [0.29, 0.717) is 0 Å². The highest BCUT2D eigenvalue weighted by atomic mass is 35.5. The Morgan fingerprint density at radius 2 is 1.85 bits per heavy atom. The lowest BCUT2D eigenvalue weighted by Crippen LogP contribution is -2.14. The molecule has 20 heavy (non-hydrogen) atoms. The van der Waals surface area contributed by atoms with Crippen molar-refractivity contribution < 1.29 is 9.18 Å². The standard InChI is InChI=1S/C14H7Cl2FN2O/c15-9-2-1-3-10(16)13(9)14(20)19-12-5-4-8(7-18)6-11(12)17/h1-6H,(H,19,20). The maximum absolute atomic E-state index is 13.7. The molecule has 0 atom stereocenters. The number of nitrogens with one attached hydrogen (secondary N) is 1. The zero-order valence-electron chi connectivity index (χ0n) is 9.95. The van der Waals surface area contributed by atoms with Gasteiger partial charge in [0.25, 0.3) is 5.91 Å². The zero-order valence-corrected chi connectivity index (χ0v) is 11.5. The van der Waals surface area contributed by atoms with Gasteiger partial charge in [0.05, 0.1) is 32.9 Å². The topological polar surface area (TPSA) is 52.9 Å². The van der Waals surface area contributed by atoms with Crippen LogP contribution < -0.4 is 5.32 Å². The average molecular weight is 309 g/mol.